The number of amides is 5. The van der Waals surface area contributed by atoms with Crippen molar-refractivity contribution in [2.45, 2.75) is 64.6 Å². The molecular weight excluding hydrogens is 508 g/mol. The molecule has 0 radical (unpaired) electrons. The van der Waals surface area contributed by atoms with Gasteiger partial charge in [-0.05, 0) is 58.7 Å². The summed E-state index contributed by atoms with van der Waals surface area (Å²) in [4.78, 5) is 55.4. The molecule has 1 fully saturated rings. The number of H-pyrrole nitrogens is 1. The van der Waals surface area contributed by atoms with E-state index in [9.17, 15) is 19.2 Å². The first-order chi connectivity index (χ1) is 18.9. The van der Waals surface area contributed by atoms with Gasteiger partial charge in [-0.1, -0.05) is 32.9 Å². The van der Waals surface area contributed by atoms with Gasteiger partial charge in [0.1, 0.15) is 11.6 Å². The third-order valence-corrected chi connectivity index (χ3v) is 8.54. The molecule has 1 aromatic heterocycles. The molecule has 3 N–H and O–H groups in total. The van der Waals surface area contributed by atoms with Gasteiger partial charge < -0.3 is 15.1 Å². The normalized spacial score (nSPS) is 22.8. The van der Waals surface area contributed by atoms with Crippen LogP contribution in [0.5, 0.6) is 0 Å². The van der Waals surface area contributed by atoms with E-state index in [0.29, 0.717) is 44.3 Å². The van der Waals surface area contributed by atoms with E-state index in [2.05, 4.69) is 41.6 Å². The Labute approximate surface area is 232 Å². The summed E-state index contributed by atoms with van der Waals surface area (Å²) < 4.78 is 0. The molecule has 10 heteroatoms. The van der Waals surface area contributed by atoms with Crippen LogP contribution in [-0.2, 0) is 35.4 Å². The molecule has 5 amide bonds. The molecule has 0 saturated carbocycles. The molecule has 0 bridgehead atoms. The fourth-order valence-electron chi connectivity index (χ4n) is 6.40. The van der Waals surface area contributed by atoms with Crippen LogP contribution in [-0.4, -0.2) is 68.9 Å². The van der Waals surface area contributed by atoms with Crippen molar-refractivity contribution in [3.63, 3.8) is 0 Å². The number of urea groups is 1. The van der Waals surface area contributed by atoms with Crippen molar-refractivity contribution < 1.29 is 19.2 Å². The Kier molecular flexibility index (Phi) is 5.97. The van der Waals surface area contributed by atoms with E-state index in [1.165, 1.54) is 4.90 Å². The zero-order valence-corrected chi connectivity index (χ0v) is 23.3. The van der Waals surface area contributed by atoms with Gasteiger partial charge >= 0.3 is 6.03 Å². The Balaban J connectivity index is 1.26. The van der Waals surface area contributed by atoms with Crippen molar-refractivity contribution in [3.05, 3.63) is 64.3 Å². The summed E-state index contributed by atoms with van der Waals surface area (Å²) in [6, 6.07) is 8.34. The van der Waals surface area contributed by atoms with Crippen molar-refractivity contribution in [1.82, 2.24) is 30.6 Å². The molecule has 208 valence electrons. The smallest absolute Gasteiger partial charge is 0.324 e. The molecule has 1 aliphatic carbocycles. The monoisotopic (exact) mass is 542 g/mol. The maximum Gasteiger partial charge on any atom is 0.324 e. The zero-order valence-electron chi connectivity index (χ0n) is 23.3. The lowest BCUT2D eigenvalue weighted by atomic mass is 9.76. The molecule has 40 heavy (non-hydrogen) atoms. The fraction of sp³-hybridized carbons (Fsp3) is 0.433. The maximum atomic E-state index is 13.8. The second-order valence-corrected chi connectivity index (χ2v) is 12.5. The molecule has 1 spiro atoms. The summed E-state index contributed by atoms with van der Waals surface area (Å²) in [6.07, 6.45) is 3.65. The Hall–Kier alpha value is -4.21. The number of carbonyl (C=O) groups excluding carboxylic acids is 4. The summed E-state index contributed by atoms with van der Waals surface area (Å²) in [6.45, 7) is 7.30. The largest absolute Gasteiger partial charge is 0.340 e. The number of rotatable bonds is 3. The highest BCUT2D eigenvalue weighted by atomic mass is 16.2. The zero-order chi connectivity index (χ0) is 28.4. The van der Waals surface area contributed by atoms with E-state index < -0.39 is 11.6 Å². The third-order valence-electron chi connectivity index (χ3n) is 8.54. The Morgan fingerprint density at radius 3 is 2.62 bits per heavy atom. The Morgan fingerprint density at radius 1 is 1.12 bits per heavy atom. The molecule has 3 aliphatic rings. The van der Waals surface area contributed by atoms with E-state index >= 15 is 0 Å². The third kappa shape index (κ3) is 4.31. The van der Waals surface area contributed by atoms with Gasteiger partial charge in [-0.15, -0.1) is 0 Å². The van der Waals surface area contributed by atoms with Crippen molar-refractivity contribution in [2.24, 2.45) is 5.41 Å². The quantitative estimate of drug-likeness (QED) is 0.439. The summed E-state index contributed by atoms with van der Waals surface area (Å²) >= 11 is 0. The highest BCUT2D eigenvalue weighted by molar-refractivity contribution is 6.07. The standard InChI is InChI=1S/C30H34N6O4/c1-29(2,3)16-36-15-22-18(7-8-23-21(22)14-31-34-23)12-24(26(36)38)32-25(37)19-5-6-20-13-30(10-9-17(20)11-19)27(39)33-28(40)35(30)4/h5-8,11,14,24H,9-10,12-13,15-16H2,1-4H3,(H,31,34)(H,32,37)(H,33,39,40)/t24-,30?/m1/s1. The first-order valence-corrected chi connectivity index (χ1v) is 13.7. The van der Waals surface area contributed by atoms with E-state index in [0.717, 1.165) is 33.2 Å². The second-order valence-electron chi connectivity index (χ2n) is 12.5. The predicted octanol–water partition coefficient (Wildman–Crippen LogP) is 2.70. The number of imide groups is 1. The van der Waals surface area contributed by atoms with Crippen molar-refractivity contribution in [3.8, 4) is 0 Å². The second kappa shape index (κ2) is 9.18. The lowest BCUT2D eigenvalue weighted by molar-refractivity contribution is -0.134. The van der Waals surface area contributed by atoms with Crippen LogP contribution in [0.4, 0.5) is 4.79 Å². The van der Waals surface area contributed by atoms with Gasteiger partial charge in [0.2, 0.25) is 5.91 Å². The maximum absolute atomic E-state index is 13.8. The first kappa shape index (κ1) is 26.0. The number of aryl methyl sites for hydroxylation is 1. The number of carbonyl (C=O) groups is 4. The first-order valence-electron chi connectivity index (χ1n) is 13.7. The van der Waals surface area contributed by atoms with Crippen molar-refractivity contribution in [1.29, 1.82) is 0 Å². The van der Waals surface area contributed by atoms with Gasteiger partial charge in [-0.3, -0.25) is 24.8 Å². The number of aromatic nitrogens is 2. The van der Waals surface area contributed by atoms with Gasteiger partial charge in [-0.25, -0.2) is 4.79 Å². The van der Waals surface area contributed by atoms with Crippen LogP contribution in [0.1, 0.15) is 59.8 Å². The molecule has 2 aliphatic heterocycles. The van der Waals surface area contributed by atoms with Crippen LogP contribution in [0.3, 0.4) is 0 Å². The van der Waals surface area contributed by atoms with Gasteiger partial charge in [0.15, 0.2) is 0 Å². The molecule has 1 unspecified atom stereocenters. The highest BCUT2D eigenvalue weighted by Crippen LogP contribution is 2.36. The number of hydrogen-bond acceptors (Lipinski definition) is 5. The van der Waals surface area contributed by atoms with Crippen LogP contribution in [0.15, 0.2) is 36.5 Å². The Bertz CT molecular complexity index is 1570. The van der Waals surface area contributed by atoms with Crippen LogP contribution < -0.4 is 10.6 Å². The molecule has 3 heterocycles. The average molecular weight is 543 g/mol. The average Bonchev–Trinajstić information content (AvgIpc) is 3.43. The number of likely N-dealkylation sites (N-methyl/N-ethyl adjacent to an activating group) is 1. The molecule has 2 aromatic carbocycles. The minimum absolute atomic E-state index is 0.101. The lowest BCUT2D eigenvalue weighted by Gasteiger charge is -2.37. The molecule has 3 aromatic rings. The summed E-state index contributed by atoms with van der Waals surface area (Å²) in [5.41, 5.74) is 4.39. The Morgan fingerprint density at radius 2 is 1.90 bits per heavy atom. The number of aromatic amines is 1. The van der Waals surface area contributed by atoms with E-state index in [1.54, 1.807) is 19.3 Å². The molecular formula is C30H34N6O4. The van der Waals surface area contributed by atoms with Crippen LogP contribution in [0.25, 0.3) is 10.9 Å². The van der Waals surface area contributed by atoms with Gasteiger partial charge in [0.05, 0.1) is 11.7 Å². The molecule has 10 nitrogen and oxygen atoms in total. The number of nitrogens with zero attached hydrogens (tertiary/aromatic N) is 3. The summed E-state index contributed by atoms with van der Waals surface area (Å²) in [7, 11) is 1.65. The van der Waals surface area contributed by atoms with Gasteiger partial charge in [0.25, 0.3) is 11.8 Å². The van der Waals surface area contributed by atoms with Crippen LogP contribution in [0, 0.1) is 5.41 Å². The van der Waals surface area contributed by atoms with Gasteiger partial charge in [-0.2, -0.15) is 5.10 Å². The van der Waals surface area contributed by atoms with E-state index in [1.807, 2.05) is 29.2 Å². The minimum atomic E-state index is -0.884. The molecule has 2 atom stereocenters. The topological polar surface area (TPSA) is 128 Å². The minimum Gasteiger partial charge on any atom is -0.340 e. The number of nitrogens with one attached hydrogen (secondary N) is 3. The highest BCUT2D eigenvalue weighted by Gasteiger charge is 2.52. The summed E-state index contributed by atoms with van der Waals surface area (Å²) in [5, 5.41) is 13.6. The number of hydrogen-bond donors (Lipinski definition) is 3. The lowest BCUT2D eigenvalue weighted by Crippen LogP contribution is -2.52. The van der Waals surface area contributed by atoms with Crippen LogP contribution >= 0.6 is 0 Å². The fourth-order valence-corrected chi connectivity index (χ4v) is 6.40. The van der Waals surface area contributed by atoms with Crippen molar-refractivity contribution >= 4 is 34.7 Å². The number of fused-ring (bicyclic) bond motifs is 4. The van der Waals surface area contributed by atoms with Crippen molar-refractivity contribution in [2.75, 3.05) is 13.6 Å². The molecule has 1 saturated heterocycles. The van der Waals surface area contributed by atoms with Gasteiger partial charge in [0, 0.05) is 43.9 Å². The predicted molar refractivity (Wildman–Crippen MR) is 148 cm³/mol. The number of benzene rings is 2. The van der Waals surface area contributed by atoms with Crippen LogP contribution in [0.2, 0.25) is 0 Å². The SMILES string of the molecule is CN1C(=O)NC(=O)C12CCc1cc(C(=O)N[C@@H]3Cc4ccc5[nH]ncc5c4CN(CC(C)(C)C)C3=O)ccc1C2. The molecule has 6 rings (SSSR count). The van der Waals surface area contributed by atoms with E-state index in [4.69, 9.17) is 0 Å². The van der Waals surface area contributed by atoms with E-state index in [-0.39, 0.29) is 29.2 Å². The summed E-state index contributed by atoms with van der Waals surface area (Å²) in [5.74, 6) is -0.681.